The van der Waals surface area contributed by atoms with Crippen molar-refractivity contribution in [3.05, 3.63) is 23.8 Å². The molecule has 0 saturated heterocycles. The van der Waals surface area contributed by atoms with E-state index in [0.717, 1.165) is 17.1 Å². The first-order chi connectivity index (χ1) is 9.02. The maximum Gasteiger partial charge on any atom is 0.161 e. The highest BCUT2D eigenvalue weighted by molar-refractivity contribution is 5.42. The second-order valence-corrected chi connectivity index (χ2v) is 5.17. The molecule has 0 amide bonds. The Balaban J connectivity index is 2.65. The number of aliphatic hydroxyl groups excluding tert-OH is 1. The van der Waals surface area contributed by atoms with Gasteiger partial charge in [0.2, 0.25) is 0 Å². The first-order valence-electron chi connectivity index (χ1n) is 6.71. The van der Waals surface area contributed by atoms with E-state index in [9.17, 15) is 5.11 Å². The summed E-state index contributed by atoms with van der Waals surface area (Å²) < 4.78 is 11.0. The van der Waals surface area contributed by atoms with Crippen molar-refractivity contribution in [1.29, 1.82) is 0 Å². The van der Waals surface area contributed by atoms with Crippen LogP contribution in [0.15, 0.2) is 18.2 Å². The van der Waals surface area contributed by atoms with Crippen molar-refractivity contribution >= 4 is 0 Å². The molecule has 0 fully saturated rings. The van der Waals surface area contributed by atoms with E-state index in [-0.39, 0.29) is 6.10 Å². The minimum Gasteiger partial charge on any atom is -0.493 e. The monoisotopic (exact) mass is 267 g/mol. The fourth-order valence-electron chi connectivity index (χ4n) is 1.63. The molecule has 1 rings (SSSR count). The van der Waals surface area contributed by atoms with Gasteiger partial charge < -0.3 is 19.9 Å². The van der Waals surface area contributed by atoms with E-state index in [4.69, 9.17) is 9.47 Å². The van der Waals surface area contributed by atoms with Crippen LogP contribution in [0.4, 0.5) is 0 Å². The summed E-state index contributed by atoms with van der Waals surface area (Å²) >= 11 is 0. The van der Waals surface area contributed by atoms with Gasteiger partial charge in [0, 0.05) is 13.1 Å². The van der Waals surface area contributed by atoms with Gasteiger partial charge in [-0.05, 0) is 30.5 Å². The van der Waals surface area contributed by atoms with Gasteiger partial charge in [0.15, 0.2) is 11.5 Å². The van der Waals surface area contributed by atoms with E-state index >= 15 is 0 Å². The molecule has 0 radical (unpaired) electrons. The quantitative estimate of drug-likeness (QED) is 0.758. The summed E-state index contributed by atoms with van der Waals surface area (Å²) in [6.45, 7) is 7.93. The van der Waals surface area contributed by atoms with Crippen molar-refractivity contribution < 1.29 is 14.6 Å². The maximum atomic E-state index is 9.21. The number of hydrogen-bond acceptors (Lipinski definition) is 4. The molecular weight excluding hydrogens is 242 g/mol. The van der Waals surface area contributed by atoms with Crippen LogP contribution in [0.1, 0.15) is 26.3 Å². The van der Waals surface area contributed by atoms with Crippen molar-refractivity contribution in [3.63, 3.8) is 0 Å². The summed E-state index contributed by atoms with van der Waals surface area (Å²) in [7, 11) is 1.64. The number of rotatable bonds is 8. The number of methoxy groups -OCH3 is 1. The smallest absolute Gasteiger partial charge is 0.161 e. The molecule has 0 aliphatic rings. The third kappa shape index (κ3) is 5.94. The zero-order chi connectivity index (χ0) is 14.3. The zero-order valence-corrected chi connectivity index (χ0v) is 12.3. The lowest BCUT2D eigenvalue weighted by molar-refractivity contribution is 0.191. The Kier molecular flexibility index (Phi) is 6.67. The van der Waals surface area contributed by atoms with Gasteiger partial charge in [-0.3, -0.25) is 0 Å². The summed E-state index contributed by atoms with van der Waals surface area (Å²) in [5.74, 6) is 1.99. The van der Waals surface area contributed by atoms with Gasteiger partial charge in [0.25, 0.3) is 0 Å². The normalized spacial score (nSPS) is 12.5. The van der Waals surface area contributed by atoms with Crippen molar-refractivity contribution in [1.82, 2.24) is 5.32 Å². The first-order valence-corrected chi connectivity index (χ1v) is 6.71. The fraction of sp³-hybridized carbons (Fsp3) is 0.600. The van der Waals surface area contributed by atoms with Gasteiger partial charge in [-0.15, -0.1) is 0 Å². The second-order valence-electron chi connectivity index (χ2n) is 5.17. The molecule has 0 spiro atoms. The van der Waals surface area contributed by atoms with E-state index in [0.29, 0.717) is 25.6 Å². The molecule has 1 atom stereocenters. The molecule has 4 nitrogen and oxygen atoms in total. The standard InChI is InChI=1S/C15H25NO3/c1-11(2)10-19-15-7-13(5-6-14(15)18-4)9-16-8-12(3)17/h5-7,11-12,16-17H,8-10H2,1-4H3. The van der Waals surface area contributed by atoms with E-state index < -0.39 is 0 Å². The van der Waals surface area contributed by atoms with Crippen molar-refractivity contribution in [2.45, 2.75) is 33.4 Å². The molecule has 1 aromatic carbocycles. The lowest BCUT2D eigenvalue weighted by Crippen LogP contribution is -2.23. The molecule has 0 saturated carbocycles. The average molecular weight is 267 g/mol. The van der Waals surface area contributed by atoms with Crippen LogP contribution in [0, 0.1) is 5.92 Å². The Hall–Kier alpha value is -1.26. The third-order valence-electron chi connectivity index (χ3n) is 2.57. The van der Waals surface area contributed by atoms with Crippen molar-refractivity contribution in [3.8, 4) is 11.5 Å². The van der Waals surface area contributed by atoms with Crippen LogP contribution in [-0.2, 0) is 6.54 Å². The van der Waals surface area contributed by atoms with E-state index in [2.05, 4.69) is 19.2 Å². The third-order valence-corrected chi connectivity index (χ3v) is 2.57. The largest absolute Gasteiger partial charge is 0.493 e. The van der Waals surface area contributed by atoms with E-state index in [1.807, 2.05) is 18.2 Å². The Morgan fingerprint density at radius 2 is 1.95 bits per heavy atom. The molecule has 1 unspecified atom stereocenters. The minimum atomic E-state index is -0.338. The molecular formula is C15H25NO3. The Bertz CT molecular complexity index is 378. The summed E-state index contributed by atoms with van der Waals surface area (Å²) in [6, 6.07) is 5.89. The van der Waals surface area contributed by atoms with E-state index in [1.54, 1.807) is 14.0 Å². The lowest BCUT2D eigenvalue weighted by atomic mass is 10.2. The van der Waals surface area contributed by atoms with Gasteiger partial charge in [-0.1, -0.05) is 19.9 Å². The number of hydrogen-bond donors (Lipinski definition) is 2. The summed E-state index contributed by atoms with van der Waals surface area (Å²) in [5.41, 5.74) is 1.11. The van der Waals surface area contributed by atoms with Crippen LogP contribution in [0.5, 0.6) is 11.5 Å². The number of benzene rings is 1. The molecule has 19 heavy (non-hydrogen) atoms. The van der Waals surface area contributed by atoms with Crippen LogP contribution in [0.2, 0.25) is 0 Å². The molecule has 0 aliphatic heterocycles. The van der Waals surface area contributed by atoms with E-state index in [1.165, 1.54) is 0 Å². The number of aliphatic hydroxyl groups is 1. The fourth-order valence-corrected chi connectivity index (χ4v) is 1.63. The van der Waals surface area contributed by atoms with Gasteiger partial charge in [-0.2, -0.15) is 0 Å². The Labute approximate surface area is 115 Å². The van der Waals surface area contributed by atoms with Crippen LogP contribution in [0.25, 0.3) is 0 Å². The van der Waals surface area contributed by atoms with Gasteiger partial charge in [0.05, 0.1) is 19.8 Å². The Morgan fingerprint density at radius 3 is 2.53 bits per heavy atom. The van der Waals surface area contributed by atoms with Crippen LogP contribution < -0.4 is 14.8 Å². The number of nitrogens with one attached hydrogen (secondary N) is 1. The van der Waals surface area contributed by atoms with Gasteiger partial charge in [-0.25, -0.2) is 0 Å². The lowest BCUT2D eigenvalue weighted by Gasteiger charge is -2.14. The minimum absolute atomic E-state index is 0.338. The summed E-state index contributed by atoms with van der Waals surface area (Å²) in [4.78, 5) is 0. The van der Waals surface area contributed by atoms with Gasteiger partial charge in [0.1, 0.15) is 0 Å². The van der Waals surface area contributed by atoms with Crippen LogP contribution in [-0.4, -0.2) is 31.5 Å². The molecule has 2 N–H and O–H groups in total. The van der Waals surface area contributed by atoms with Crippen LogP contribution in [0.3, 0.4) is 0 Å². The molecule has 4 heteroatoms. The molecule has 0 heterocycles. The molecule has 0 aromatic heterocycles. The van der Waals surface area contributed by atoms with Crippen molar-refractivity contribution in [2.75, 3.05) is 20.3 Å². The topological polar surface area (TPSA) is 50.7 Å². The predicted octanol–water partition coefficient (Wildman–Crippen LogP) is 2.20. The molecule has 0 bridgehead atoms. The Morgan fingerprint density at radius 1 is 1.21 bits per heavy atom. The zero-order valence-electron chi connectivity index (χ0n) is 12.3. The molecule has 108 valence electrons. The van der Waals surface area contributed by atoms with Crippen molar-refractivity contribution in [2.24, 2.45) is 5.92 Å². The summed E-state index contributed by atoms with van der Waals surface area (Å²) in [6.07, 6.45) is -0.338. The highest BCUT2D eigenvalue weighted by Gasteiger charge is 2.07. The average Bonchev–Trinajstić information content (AvgIpc) is 2.36. The SMILES string of the molecule is COc1ccc(CNCC(C)O)cc1OCC(C)C. The van der Waals surface area contributed by atoms with Crippen LogP contribution >= 0.6 is 0 Å². The first kappa shape index (κ1) is 15.8. The predicted molar refractivity (Wildman–Crippen MR) is 76.7 cm³/mol. The second kappa shape index (κ2) is 8.02. The maximum absolute atomic E-state index is 9.21. The molecule has 0 aliphatic carbocycles. The molecule has 1 aromatic rings. The highest BCUT2D eigenvalue weighted by Crippen LogP contribution is 2.28. The highest BCUT2D eigenvalue weighted by atomic mass is 16.5. The summed E-state index contributed by atoms with van der Waals surface area (Å²) in [5, 5.41) is 12.4. The van der Waals surface area contributed by atoms with Gasteiger partial charge >= 0.3 is 0 Å². The number of ether oxygens (including phenoxy) is 2.